The smallest absolute Gasteiger partial charge is 0.165 e. The molecule has 1 heterocycles. The second-order valence-corrected chi connectivity index (χ2v) is 10.0. The van der Waals surface area contributed by atoms with Gasteiger partial charge in [0.2, 0.25) is 0 Å². The Bertz CT molecular complexity index is 658. The number of rotatable bonds is 1. The van der Waals surface area contributed by atoms with Gasteiger partial charge in [0, 0.05) is 6.42 Å². The normalized spacial score (nSPS) is 59.4. The summed E-state index contributed by atoms with van der Waals surface area (Å²) in [7, 11) is 0. The highest BCUT2D eigenvalue weighted by Gasteiger charge is 2.82. The van der Waals surface area contributed by atoms with E-state index in [1.54, 1.807) is 6.92 Å². The molecule has 0 aromatic rings. The van der Waals surface area contributed by atoms with Gasteiger partial charge in [-0.05, 0) is 81.5 Å². The number of Topliss-reactive ketones (excluding diaryl/α,β-unsaturated/α-hetero) is 2. The van der Waals surface area contributed by atoms with Crippen LogP contribution in [-0.2, 0) is 14.3 Å². The first kappa shape index (κ1) is 16.4. The number of ketones is 2. The van der Waals surface area contributed by atoms with E-state index in [2.05, 4.69) is 6.92 Å². The van der Waals surface area contributed by atoms with Crippen molar-refractivity contribution >= 4 is 11.6 Å². The van der Waals surface area contributed by atoms with Crippen LogP contribution in [0.5, 0.6) is 0 Å². The van der Waals surface area contributed by atoms with E-state index in [0.29, 0.717) is 30.1 Å². The molecule has 0 spiro atoms. The van der Waals surface area contributed by atoms with Crippen LogP contribution in [0.3, 0.4) is 0 Å². The quantitative estimate of drug-likeness (QED) is 0.741. The van der Waals surface area contributed by atoms with Crippen molar-refractivity contribution in [3.8, 4) is 0 Å². The number of carbonyl (C=O) groups excluding carboxylic acids is 2. The first-order valence-electron chi connectivity index (χ1n) is 10.2. The first-order chi connectivity index (χ1) is 11.7. The van der Waals surface area contributed by atoms with Crippen LogP contribution in [0.25, 0.3) is 0 Å². The average Bonchev–Trinajstić information content (AvgIpc) is 3.23. The maximum atomic E-state index is 13.4. The molecule has 4 saturated carbocycles. The fourth-order valence-electron chi connectivity index (χ4n) is 7.99. The van der Waals surface area contributed by atoms with Crippen molar-refractivity contribution in [2.75, 3.05) is 0 Å². The summed E-state index contributed by atoms with van der Waals surface area (Å²) in [6.45, 7) is 6.01. The minimum absolute atomic E-state index is 0.0265. The molecule has 4 aliphatic carbocycles. The lowest BCUT2D eigenvalue weighted by molar-refractivity contribution is -0.169. The van der Waals surface area contributed by atoms with E-state index in [9.17, 15) is 14.7 Å². The minimum atomic E-state index is -0.805. The van der Waals surface area contributed by atoms with E-state index in [4.69, 9.17) is 4.74 Å². The summed E-state index contributed by atoms with van der Waals surface area (Å²) in [6.07, 6.45) is 6.41. The highest BCUT2D eigenvalue weighted by molar-refractivity contribution is 6.00. The molecule has 1 N–H and O–H groups in total. The largest absolute Gasteiger partial charge is 0.393 e. The van der Waals surface area contributed by atoms with E-state index in [1.807, 2.05) is 6.92 Å². The summed E-state index contributed by atoms with van der Waals surface area (Å²) < 4.78 is 5.87. The summed E-state index contributed by atoms with van der Waals surface area (Å²) in [4.78, 5) is 25.8. The Hall–Kier alpha value is -0.740. The van der Waals surface area contributed by atoms with E-state index in [0.717, 1.165) is 38.5 Å². The number of epoxide rings is 1. The molecule has 5 fully saturated rings. The number of fused-ring (bicyclic) bond motifs is 7. The van der Waals surface area contributed by atoms with E-state index in [-0.39, 0.29) is 29.2 Å². The van der Waals surface area contributed by atoms with Crippen molar-refractivity contribution < 1.29 is 19.4 Å². The SMILES string of the molecule is CC(=O)C12OC1CC1C3CCC4CC(O)CCC4(C)C3CC(=O)C12C. The lowest BCUT2D eigenvalue weighted by Crippen LogP contribution is -2.60. The molecule has 9 unspecified atom stereocenters. The minimum Gasteiger partial charge on any atom is -0.393 e. The van der Waals surface area contributed by atoms with Gasteiger partial charge in [0.1, 0.15) is 5.78 Å². The van der Waals surface area contributed by atoms with Crippen molar-refractivity contribution in [3.05, 3.63) is 0 Å². The summed E-state index contributed by atoms with van der Waals surface area (Å²) in [5.41, 5.74) is -1.24. The molecule has 1 saturated heterocycles. The highest BCUT2D eigenvalue weighted by atomic mass is 16.6. The number of ether oxygens (including phenoxy) is 1. The molecule has 0 bridgehead atoms. The first-order valence-corrected chi connectivity index (χ1v) is 10.2. The highest BCUT2D eigenvalue weighted by Crippen LogP contribution is 2.72. The van der Waals surface area contributed by atoms with Crippen molar-refractivity contribution in [2.24, 2.45) is 34.5 Å². The van der Waals surface area contributed by atoms with E-state index >= 15 is 0 Å². The summed E-state index contributed by atoms with van der Waals surface area (Å²) in [6, 6.07) is 0. The van der Waals surface area contributed by atoms with E-state index in [1.165, 1.54) is 0 Å². The van der Waals surface area contributed by atoms with Gasteiger partial charge < -0.3 is 9.84 Å². The molecule has 9 atom stereocenters. The van der Waals surface area contributed by atoms with E-state index < -0.39 is 11.0 Å². The Morgan fingerprint density at radius 3 is 2.64 bits per heavy atom. The second kappa shape index (κ2) is 4.75. The van der Waals surface area contributed by atoms with Gasteiger partial charge in [-0.25, -0.2) is 0 Å². The molecule has 5 aliphatic rings. The van der Waals surface area contributed by atoms with Crippen LogP contribution in [0, 0.1) is 34.5 Å². The topological polar surface area (TPSA) is 66.9 Å². The van der Waals surface area contributed by atoms with Gasteiger partial charge in [-0.1, -0.05) is 6.92 Å². The third-order valence-electron chi connectivity index (χ3n) is 9.45. The van der Waals surface area contributed by atoms with Crippen LogP contribution in [0.4, 0.5) is 0 Å². The molecule has 25 heavy (non-hydrogen) atoms. The number of aliphatic hydroxyl groups is 1. The molecule has 4 nitrogen and oxygen atoms in total. The fraction of sp³-hybridized carbons (Fsp3) is 0.905. The number of hydrogen-bond acceptors (Lipinski definition) is 4. The predicted molar refractivity (Wildman–Crippen MR) is 91.8 cm³/mol. The average molecular weight is 346 g/mol. The van der Waals surface area contributed by atoms with Crippen molar-refractivity contribution in [2.45, 2.75) is 83.5 Å². The van der Waals surface area contributed by atoms with Crippen LogP contribution in [-0.4, -0.2) is 34.5 Å². The maximum Gasteiger partial charge on any atom is 0.165 e. The lowest BCUT2D eigenvalue weighted by atomic mass is 9.44. The van der Waals surface area contributed by atoms with Gasteiger partial charge in [-0.2, -0.15) is 0 Å². The Morgan fingerprint density at radius 2 is 1.92 bits per heavy atom. The van der Waals surface area contributed by atoms with Gasteiger partial charge in [0.25, 0.3) is 0 Å². The summed E-state index contributed by atoms with van der Waals surface area (Å²) in [5.74, 6) is 2.12. The molecule has 5 rings (SSSR count). The number of hydrogen-bond donors (Lipinski definition) is 1. The third-order valence-corrected chi connectivity index (χ3v) is 9.45. The molecule has 0 aromatic heterocycles. The molecule has 0 radical (unpaired) electrons. The maximum absolute atomic E-state index is 13.4. The lowest BCUT2D eigenvalue weighted by Gasteiger charge is -2.60. The van der Waals surface area contributed by atoms with Crippen LogP contribution in [0.15, 0.2) is 0 Å². The van der Waals surface area contributed by atoms with Gasteiger partial charge in [-0.15, -0.1) is 0 Å². The zero-order chi connectivity index (χ0) is 17.8. The fourth-order valence-corrected chi connectivity index (χ4v) is 7.99. The molecule has 138 valence electrons. The van der Waals surface area contributed by atoms with Crippen molar-refractivity contribution in [3.63, 3.8) is 0 Å². The van der Waals surface area contributed by atoms with Crippen LogP contribution < -0.4 is 0 Å². The summed E-state index contributed by atoms with van der Waals surface area (Å²) in [5, 5.41) is 10.1. The van der Waals surface area contributed by atoms with Crippen molar-refractivity contribution in [1.82, 2.24) is 0 Å². The summed E-state index contributed by atoms with van der Waals surface area (Å²) >= 11 is 0. The predicted octanol–water partition coefficient (Wildman–Crippen LogP) is 2.91. The molecular formula is C21H30O4. The number of carbonyl (C=O) groups is 2. The van der Waals surface area contributed by atoms with Crippen molar-refractivity contribution in [1.29, 1.82) is 0 Å². The standard InChI is InChI=1S/C21H30O4/c1-11(22)21-18(25-21)10-16-14-5-4-12-8-13(23)6-7-19(12,2)15(14)9-17(24)20(16,21)3/h12-16,18,23H,4-10H2,1-3H3. The van der Waals surface area contributed by atoms with Gasteiger partial charge in [-0.3, -0.25) is 9.59 Å². The van der Waals surface area contributed by atoms with Gasteiger partial charge in [0.05, 0.1) is 17.6 Å². The Labute approximate surface area is 149 Å². The Kier molecular flexibility index (Phi) is 3.12. The Balaban J connectivity index is 1.52. The van der Waals surface area contributed by atoms with Gasteiger partial charge in [0.15, 0.2) is 11.4 Å². The zero-order valence-electron chi connectivity index (χ0n) is 15.6. The molecule has 4 heteroatoms. The Morgan fingerprint density at radius 1 is 1.16 bits per heavy atom. The second-order valence-electron chi connectivity index (χ2n) is 10.0. The van der Waals surface area contributed by atoms with Gasteiger partial charge >= 0.3 is 0 Å². The molecular weight excluding hydrogens is 316 g/mol. The molecule has 0 aromatic carbocycles. The third kappa shape index (κ3) is 1.72. The molecule has 0 amide bonds. The number of aliphatic hydroxyl groups excluding tert-OH is 1. The zero-order valence-corrected chi connectivity index (χ0v) is 15.6. The molecule has 1 aliphatic heterocycles. The van der Waals surface area contributed by atoms with Crippen LogP contribution >= 0.6 is 0 Å². The monoisotopic (exact) mass is 346 g/mol. The van der Waals surface area contributed by atoms with Crippen LogP contribution in [0.1, 0.15) is 65.7 Å². The van der Waals surface area contributed by atoms with Crippen LogP contribution in [0.2, 0.25) is 0 Å².